The summed E-state index contributed by atoms with van der Waals surface area (Å²) in [5, 5.41) is 19.3. The Kier molecular flexibility index (Phi) is 5.56. The summed E-state index contributed by atoms with van der Waals surface area (Å²) in [4.78, 5) is 2.05. The molecule has 0 unspecified atom stereocenters. The van der Waals surface area contributed by atoms with Gasteiger partial charge in [0.25, 0.3) is 0 Å². The predicted molar refractivity (Wildman–Crippen MR) is 119 cm³/mol. The van der Waals surface area contributed by atoms with E-state index in [9.17, 15) is 10.5 Å². The minimum Gasteiger partial charge on any atom is -0.335 e. The van der Waals surface area contributed by atoms with Crippen LogP contribution in [-0.4, -0.2) is 4.90 Å². The van der Waals surface area contributed by atoms with Gasteiger partial charge >= 0.3 is 0 Å². The molecule has 0 atom stereocenters. The minimum absolute atomic E-state index is 0.0980. The molecule has 0 fully saturated rings. The van der Waals surface area contributed by atoms with Crippen molar-refractivity contribution in [2.45, 2.75) is 6.54 Å². The molecule has 3 nitrogen and oxygen atoms in total. The highest BCUT2D eigenvalue weighted by Gasteiger charge is 2.24. The van der Waals surface area contributed by atoms with E-state index in [-0.39, 0.29) is 5.57 Å². The molecule has 1 aliphatic heterocycles. The summed E-state index contributed by atoms with van der Waals surface area (Å²) in [6.07, 6.45) is 4.07. The molecule has 3 aromatic rings. The summed E-state index contributed by atoms with van der Waals surface area (Å²) < 4.78 is 0. The third-order valence-corrected chi connectivity index (χ3v) is 5.01. The first kappa shape index (κ1) is 19.0. The number of nitriles is 2. The van der Waals surface area contributed by atoms with Gasteiger partial charge in [0.2, 0.25) is 0 Å². The van der Waals surface area contributed by atoms with E-state index < -0.39 is 0 Å². The van der Waals surface area contributed by atoms with Crippen molar-refractivity contribution in [3.05, 3.63) is 131 Å². The fraction of sp³-hybridized carbons (Fsp3) is 0.0370. The van der Waals surface area contributed by atoms with Crippen LogP contribution in [0.3, 0.4) is 0 Å². The Hall–Kier alpha value is -4.34. The molecule has 0 bridgehead atoms. The molecular weight excluding hydrogens is 366 g/mol. The van der Waals surface area contributed by atoms with E-state index in [1.165, 1.54) is 0 Å². The van der Waals surface area contributed by atoms with Crippen molar-refractivity contribution < 1.29 is 0 Å². The molecule has 0 saturated heterocycles. The lowest BCUT2D eigenvalue weighted by atomic mass is 9.95. The van der Waals surface area contributed by atoms with E-state index in [4.69, 9.17) is 0 Å². The second-order valence-corrected chi connectivity index (χ2v) is 6.92. The lowest BCUT2D eigenvalue weighted by Gasteiger charge is -2.33. The summed E-state index contributed by atoms with van der Waals surface area (Å²) in [7, 11) is 0. The van der Waals surface area contributed by atoms with Crippen molar-refractivity contribution in [1.29, 1.82) is 10.5 Å². The molecule has 0 amide bonds. The van der Waals surface area contributed by atoms with Crippen molar-refractivity contribution >= 4 is 11.3 Å². The number of nitrogens with zero attached hydrogens (tertiary/aromatic N) is 3. The molecule has 1 heterocycles. The maximum absolute atomic E-state index is 9.67. The van der Waals surface area contributed by atoms with Gasteiger partial charge in [-0.3, -0.25) is 0 Å². The van der Waals surface area contributed by atoms with Gasteiger partial charge in [0.15, 0.2) is 5.57 Å². The van der Waals surface area contributed by atoms with Crippen LogP contribution >= 0.6 is 0 Å². The molecule has 0 aromatic heterocycles. The standard InChI is InChI=1S/C27H19N3/c28-18-25(19-29)27-17-24(22-12-6-2-7-13-22)16-26(23-14-8-3-9-15-23)30(27)20-21-10-4-1-5-11-21/h1-17H,20H2. The zero-order valence-corrected chi connectivity index (χ0v) is 16.4. The quantitative estimate of drug-likeness (QED) is 0.523. The first-order valence-electron chi connectivity index (χ1n) is 9.70. The van der Waals surface area contributed by atoms with Crippen LogP contribution in [0.1, 0.15) is 16.7 Å². The van der Waals surface area contributed by atoms with E-state index in [1.807, 2.05) is 84.9 Å². The van der Waals surface area contributed by atoms with E-state index in [2.05, 4.69) is 35.2 Å². The number of allylic oxidation sites excluding steroid dienone is 4. The van der Waals surface area contributed by atoms with Gasteiger partial charge in [-0.15, -0.1) is 0 Å². The van der Waals surface area contributed by atoms with Gasteiger partial charge < -0.3 is 4.90 Å². The van der Waals surface area contributed by atoms with E-state index in [1.54, 1.807) is 0 Å². The zero-order valence-electron chi connectivity index (χ0n) is 16.4. The van der Waals surface area contributed by atoms with Crippen LogP contribution in [0.15, 0.2) is 114 Å². The van der Waals surface area contributed by atoms with Gasteiger partial charge in [-0.1, -0.05) is 91.0 Å². The fourth-order valence-electron chi connectivity index (χ4n) is 3.55. The molecule has 0 radical (unpaired) electrons. The first-order chi connectivity index (χ1) is 14.8. The van der Waals surface area contributed by atoms with Crippen LogP contribution in [-0.2, 0) is 6.54 Å². The van der Waals surface area contributed by atoms with Gasteiger partial charge in [-0.25, -0.2) is 0 Å². The molecule has 0 N–H and O–H groups in total. The number of hydrogen-bond acceptors (Lipinski definition) is 3. The summed E-state index contributed by atoms with van der Waals surface area (Å²) in [6.45, 7) is 0.558. The van der Waals surface area contributed by atoms with Crippen LogP contribution in [0.4, 0.5) is 0 Å². The maximum Gasteiger partial charge on any atom is 0.153 e. The third-order valence-electron chi connectivity index (χ3n) is 5.01. The molecule has 142 valence electrons. The van der Waals surface area contributed by atoms with Gasteiger partial charge in [-0.05, 0) is 34.4 Å². The Morgan fingerprint density at radius 2 is 1.20 bits per heavy atom. The van der Waals surface area contributed by atoms with Crippen molar-refractivity contribution in [2.24, 2.45) is 0 Å². The second-order valence-electron chi connectivity index (χ2n) is 6.92. The lowest BCUT2D eigenvalue weighted by Crippen LogP contribution is -2.24. The highest BCUT2D eigenvalue weighted by atomic mass is 15.2. The molecule has 30 heavy (non-hydrogen) atoms. The fourth-order valence-corrected chi connectivity index (χ4v) is 3.55. The molecule has 3 heteroatoms. The maximum atomic E-state index is 9.67. The Labute approximate surface area is 176 Å². The molecule has 0 spiro atoms. The van der Waals surface area contributed by atoms with Crippen LogP contribution in [0.2, 0.25) is 0 Å². The molecule has 0 aliphatic carbocycles. The smallest absolute Gasteiger partial charge is 0.153 e. The Morgan fingerprint density at radius 1 is 0.667 bits per heavy atom. The summed E-state index contributed by atoms with van der Waals surface area (Å²) in [5.41, 5.74) is 5.81. The largest absolute Gasteiger partial charge is 0.335 e. The highest BCUT2D eigenvalue weighted by Crippen LogP contribution is 2.36. The number of rotatable bonds is 4. The topological polar surface area (TPSA) is 50.8 Å². The summed E-state index contributed by atoms with van der Waals surface area (Å²) in [6, 6.07) is 34.3. The molecule has 0 saturated carbocycles. The lowest BCUT2D eigenvalue weighted by molar-refractivity contribution is 0.493. The van der Waals surface area contributed by atoms with E-state index in [0.717, 1.165) is 28.0 Å². The van der Waals surface area contributed by atoms with Crippen LogP contribution < -0.4 is 0 Å². The normalized spacial score (nSPS) is 13.0. The van der Waals surface area contributed by atoms with Crippen molar-refractivity contribution in [3.63, 3.8) is 0 Å². The second kappa shape index (κ2) is 8.78. The van der Waals surface area contributed by atoms with Gasteiger partial charge in [0.05, 0.1) is 5.70 Å². The number of benzene rings is 3. The van der Waals surface area contributed by atoms with E-state index >= 15 is 0 Å². The minimum atomic E-state index is 0.0980. The van der Waals surface area contributed by atoms with Crippen LogP contribution in [0.5, 0.6) is 0 Å². The summed E-state index contributed by atoms with van der Waals surface area (Å²) in [5.74, 6) is 0. The van der Waals surface area contributed by atoms with Gasteiger partial charge in [-0.2, -0.15) is 10.5 Å². The van der Waals surface area contributed by atoms with Crippen molar-refractivity contribution in [2.75, 3.05) is 0 Å². The van der Waals surface area contributed by atoms with Crippen LogP contribution in [0.25, 0.3) is 11.3 Å². The Bertz CT molecular complexity index is 1190. The molecule has 4 rings (SSSR count). The molecule has 3 aromatic carbocycles. The Morgan fingerprint density at radius 3 is 1.77 bits per heavy atom. The predicted octanol–water partition coefficient (Wildman–Crippen LogP) is 5.93. The number of hydrogen-bond donors (Lipinski definition) is 0. The first-order valence-corrected chi connectivity index (χ1v) is 9.70. The van der Waals surface area contributed by atoms with Crippen LogP contribution in [0, 0.1) is 22.7 Å². The van der Waals surface area contributed by atoms with Gasteiger partial charge in [0, 0.05) is 12.2 Å². The SMILES string of the molecule is N#CC(C#N)=C1C=C(c2ccccc2)C=C(c2ccccc2)N1Cc1ccccc1. The summed E-state index contributed by atoms with van der Waals surface area (Å²) >= 11 is 0. The van der Waals surface area contributed by atoms with Crippen molar-refractivity contribution in [1.82, 2.24) is 4.90 Å². The molecular formula is C27H19N3. The average Bonchev–Trinajstić information content (AvgIpc) is 2.82. The zero-order chi connectivity index (χ0) is 20.8. The molecule has 1 aliphatic rings. The van der Waals surface area contributed by atoms with E-state index in [0.29, 0.717) is 12.2 Å². The highest BCUT2D eigenvalue weighted by molar-refractivity contribution is 5.88. The van der Waals surface area contributed by atoms with Gasteiger partial charge in [0.1, 0.15) is 12.1 Å². The monoisotopic (exact) mass is 385 g/mol. The Balaban J connectivity index is 1.92. The average molecular weight is 385 g/mol. The third kappa shape index (κ3) is 3.92. The van der Waals surface area contributed by atoms with Crippen molar-refractivity contribution in [3.8, 4) is 12.1 Å².